The molecule has 1 aromatic heterocycles. The summed E-state index contributed by atoms with van der Waals surface area (Å²) in [7, 11) is 1.63. The molecular weight excluding hydrogens is 591 g/mol. The van der Waals surface area contributed by atoms with Crippen molar-refractivity contribution in [3.8, 4) is 11.5 Å². The topological polar surface area (TPSA) is 79.1 Å². The molecule has 0 bridgehead atoms. The summed E-state index contributed by atoms with van der Waals surface area (Å²) in [6, 6.07) is 12.5. The number of benzene rings is 2. The Bertz CT molecular complexity index is 1500. The lowest BCUT2D eigenvalue weighted by molar-refractivity contribution is -0.143. The van der Waals surface area contributed by atoms with Crippen molar-refractivity contribution in [2.45, 2.75) is 39.8 Å². The van der Waals surface area contributed by atoms with Crippen LogP contribution in [0.25, 0.3) is 6.08 Å². The van der Waals surface area contributed by atoms with E-state index < -0.39 is 12.0 Å². The van der Waals surface area contributed by atoms with Gasteiger partial charge in [-0.05, 0) is 91.8 Å². The first-order chi connectivity index (χ1) is 17.2. The molecule has 0 saturated heterocycles. The first-order valence-corrected chi connectivity index (χ1v) is 13.4. The lowest BCUT2D eigenvalue weighted by atomic mass is 9.96. The minimum Gasteiger partial charge on any atom is -0.496 e. The number of hydrogen-bond acceptors (Lipinski definition) is 7. The Morgan fingerprint density at radius 2 is 1.94 bits per heavy atom. The summed E-state index contributed by atoms with van der Waals surface area (Å²) >= 11 is 3.50. The molecule has 0 radical (unpaired) electrons. The molecule has 0 saturated carbocycles. The number of hydrogen-bond donors (Lipinski definition) is 0. The third-order valence-corrected chi connectivity index (χ3v) is 7.39. The van der Waals surface area contributed by atoms with Crippen molar-refractivity contribution in [3.05, 3.63) is 88.1 Å². The summed E-state index contributed by atoms with van der Waals surface area (Å²) in [5, 5.41) is 0. The Hall–Kier alpha value is -2.92. The highest BCUT2D eigenvalue weighted by molar-refractivity contribution is 14.1. The molecule has 2 heterocycles. The maximum absolute atomic E-state index is 13.7. The average molecular weight is 618 g/mol. The van der Waals surface area contributed by atoms with Crippen molar-refractivity contribution >= 4 is 46.0 Å². The largest absolute Gasteiger partial charge is 0.496 e. The van der Waals surface area contributed by atoms with Crippen LogP contribution in [0.3, 0.4) is 0 Å². The number of carbonyl (C=O) groups excluding carboxylic acids is 1. The monoisotopic (exact) mass is 618 g/mol. The smallest absolute Gasteiger partial charge is 0.338 e. The second-order valence-corrected chi connectivity index (χ2v) is 10.6. The molecule has 36 heavy (non-hydrogen) atoms. The molecule has 1 aliphatic rings. The van der Waals surface area contributed by atoms with Gasteiger partial charge in [0.15, 0.2) is 4.80 Å². The molecule has 0 amide bonds. The summed E-state index contributed by atoms with van der Waals surface area (Å²) in [6.45, 7) is 7.84. The molecule has 0 unspecified atom stereocenters. The van der Waals surface area contributed by atoms with Crippen molar-refractivity contribution in [2.24, 2.45) is 4.99 Å². The fraction of sp³-hybridized carbons (Fsp3) is 0.296. The van der Waals surface area contributed by atoms with E-state index >= 15 is 0 Å². The standard InChI is InChI=1S/C27H27IN2O5S/c1-6-34-19-10-8-18(9-11-19)24-23(26(32)35-15(2)3)16(4)29-27-30(24)25(31)22(36-27)14-17-7-12-21(33-5)20(28)13-17/h7-15,24H,6H2,1-5H3/b22-14+/t24-/m1/s1. The number of allylic oxidation sites excluding steroid dienone is 1. The highest BCUT2D eigenvalue weighted by Gasteiger charge is 2.33. The van der Waals surface area contributed by atoms with Crippen molar-refractivity contribution in [1.29, 1.82) is 0 Å². The zero-order chi connectivity index (χ0) is 26.0. The molecule has 2 aromatic carbocycles. The van der Waals surface area contributed by atoms with E-state index in [0.29, 0.717) is 27.2 Å². The highest BCUT2D eigenvalue weighted by atomic mass is 127. The number of fused-ring (bicyclic) bond motifs is 1. The lowest BCUT2D eigenvalue weighted by Crippen LogP contribution is -2.40. The Labute approximate surface area is 226 Å². The van der Waals surface area contributed by atoms with E-state index in [9.17, 15) is 9.59 Å². The number of halogens is 1. The molecule has 0 spiro atoms. The fourth-order valence-electron chi connectivity index (χ4n) is 4.01. The third kappa shape index (κ3) is 5.27. The van der Waals surface area contributed by atoms with Gasteiger partial charge >= 0.3 is 5.97 Å². The van der Waals surface area contributed by atoms with E-state index in [-0.39, 0.29) is 11.7 Å². The van der Waals surface area contributed by atoms with Crippen LogP contribution in [-0.2, 0) is 9.53 Å². The molecule has 188 valence electrons. The summed E-state index contributed by atoms with van der Waals surface area (Å²) in [4.78, 5) is 32.1. The van der Waals surface area contributed by atoms with Crippen LogP contribution in [0.5, 0.6) is 11.5 Å². The maximum Gasteiger partial charge on any atom is 0.338 e. The summed E-state index contributed by atoms with van der Waals surface area (Å²) in [5.74, 6) is 1.01. The van der Waals surface area contributed by atoms with Gasteiger partial charge in [0.1, 0.15) is 11.5 Å². The van der Waals surface area contributed by atoms with Crippen LogP contribution < -0.4 is 24.4 Å². The first-order valence-electron chi connectivity index (χ1n) is 11.5. The van der Waals surface area contributed by atoms with Crippen molar-refractivity contribution < 1.29 is 19.0 Å². The van der Waals surface area contributed by atoms with E-state index in [1.807, 2.05) is 55.5 Å². The molecule has 9 heteroatoms. The van der Waals surface area contributed by atoms with Crippen LogP contribution in [-0.4, -0.2) is 30.4 Å². The normalized spacial score (nSPS) is 15.5. The van der Waals surface area contributed by atoms with Gasteiger partial charge in [0.25, 0.3) is 5.56 Å². The molecule has 0 aliphatic carbocycles. The predicted octanol–water partition coefficient (Wildman–Crippen LogP) is 4.20. The van der Waals surface area contributed by atoms with Crippen molar-refractivity contribution in [1.82, 2.24) is 4.57 Å². The number of carbonyl (C=O) groups is 1. The number of ether oxygens (including phenoxy) is 3. The molecule has 7 nitrogen and oxygen atoms in total. The molecular formula is C27H27IN2O5S. The van der Waals surface area contributed by atoms with Crippen LogP contribution in [0.2, 0.25) is 0 Å². The van der Waals surface area contributed by atoms with Gasteiger partial charge in [-0.1, -0.05) is 29.5 Å². The van der Waals surface area contributed by atoms with Crippen LogP contribution in [0.4, 0.5) is 0 Å². The van der Waals surface area contributed by atoms with E-state index in [0.717, 1.165) is 26.2 Å². The number of aromatic nitrogens is 1. The maximum atomic E-state index is 13.7. The van der Waals surface area contributed by atoms with Gasteiger partial charge in [-0.3, -0.25) is 9.36 Å². The van der Waals surface area contributed by atoms with Crippen molar-refractivity contribution in [2.75, 3.05) is 13.7 Å². The minimum atomic E-state index is -0.665. The number of methoxy groups -OCH3 is 1. The molecule has 0 fully saturated rings. The zero-order valence-corrected chi connectivity index (χ0v) is 23.7. The van der Waals surface area contributed by atoms with Crippen LogP contribution in [0.15, 0.2) is 63.5 Å². The Balaban J connectivity index is 1.89. The van der Waals surface area contributed by atoms with Gasteiger partial charge in [0.05, 0.1) is 45.2 Å². The Morgan fingerprint density at radius 1 is 1.22 bits per heavy atom. The predicted molar refractivity (Wildman–Crippen MR) is 148 cm³/mol. The van der Waals surface area contributed by atoms with E-state index in [4.69, 9.17) is 14.2 Å². The highest BCUT2D eigenvalue weighted by Crippen LogP contribution is 2.32. The van der Waals surface area contributed by atoms with E-state index in [1.165, 1.54) is 11.3 Å². The molecule has 3 aromatic rings. The molecule has 1 aliphatic heterocycles. The van der Waals surface area contributed by atoms with Gasteiger partial charge in [-0.15, -0.1) is 0 Å². The lowest BCUT2D eigenvalue weighted by Gasteiger charge is -2.25. The molecule has 1 atom stereocenters. The molecule has 4 rings (SSSR count). The second-order valence-electron chi connectivity index (χ2n) is 8.43. The summed E-state index contributed by atoms with van der Waals surface area (Å²) < 4.78 is 19.5. The Morgan fingerprint density at radius 3 is 2.56 bits per heavy atom. The average Bonchev–Trinajstić information content (AvgIpc) is 3.13. The summed E-state index contributed by atoms with van der Waals surface area (Å²) in [5.41, 5.74) is 2.32. The minimum absolute atomic E-state index is 0.217. The number of rotatable bonds is 7. The number of thiazole rings is 1. The fourth-order valence-corrected chi connectivity index (χ4v) is 5.82. The second kappa shape index (κ2) is 11.0. The number of nitrogens with zero attached hydrogens (tertiary/aromatic N) is 2. The number of esters is 1. The SMILES string of the molecule is CCOc1ccc([C@@H]2C(C(=O)OC(C)C)=C(C)N=c3s/c(=C/c4ccc(OC)c(I)c4)c(=O)n32)cc1. The van der Waals surface area contributed by atoms with Gasteiger partial charge in [0, 0.05) is 0 Å². The Kier molecular flexibility index (Phi) is 7.99. The third-order valence-electron chi connectivity index (χ3n) is 5.56. The van der Waals surface area contributed by atoms with Gasteiger partial charge in [-0.2, -0.15) is 0 Å². The van der Waals surface area contributed by atoms with E-state index in [2.05, 4.69) is 27.6 Å². The van der Waals surface area contributed by atoms with Gasteiger partial charge < -0.3 is 14.2 Å². The molecule has 0 N–H and O–H groups in total. The van der Waals surface area contributed by atoms with Crippen LogP contribution in [0.1, 0.15) is 44.9 Å². The van der Waals surface area contributed by atoms with Crippen molar-refractivity contribution in [3.63, 3.8) is 0 Å². The van der Waals surface area contributed by atoms with Gasteiger partial charge in [0.2, 0.25) is 0 Å². The van der Waals surface area contributed by atoms with E-state index in [1.54, 1.807) is 32.4 Å². The zero-order valence-electron chi connectivity index (χ0n) is 20.7. The van der Waals surface area contributed by atoms with Crippen LogP contribution in [0, 0.1) is 3.57 Å². The first kappa shape index (κ1) is 26.2. The summed E-state index contributed by atoms with van der Waals surface area (Å²) in [6.07, 6.45) is 1.53. The van der Waals surface area contributed by atoms with Crippen LogP contribution >= 0.6 is 33.9 Å². The van der Waals surface area contributed by atoms with Gasteiger partial charge in [-0.25, -0.2) is 9.79 Å². The quantitative estimate of drug-likeness (QED) is 0.293.